The van der Waals surface area contributed by atoms with E-state index in [1.54, 1.807) is 17.9 Å². The lowest BCUT2D eigenvalue weighted by Crippen LogP contribution is -2.24. The maximum absolute atomic E-state index is 12.2. The predicted molar refractivity (Wildman–Crippen MR) is 94.7 cm³/mol. The summed E-state index contributed by atoms with van der Waals surface area (Å²) in [6.45, 7) is 3.30. The minimum absolute atomic E-state index is 0.240. The van der Waals surface area contributed by atoms with Crippen LogP contribution >= 0.6 is 0 Å². The highest BCUT2D eigenvalue weighted by Crippen LogP contribution is 2.36. The Morgan fingerprint density at radius 1 is 1.28 bits per heavy atom. The van der Waals surface area contributed by atoms with Crippen molar-refractivity contribution < 1.29 is 14.3 Å². The molecule has 1 aliphatic rings. The summed E-state index contributed by atoms with van der Waals surface area (Å²) in [7, 11) is 5.59. The van der Waals surface area contributed by atoms with E-state index in [0.29, 0.717) is 12.3 Å². The Morgan fingerprint density at radius 3 is 2.60 bits per heavy atom. The summed E-state index contributed by atoms with van der Waals surface area (Å²) in [4.78, 5) is 14.6. The lowest BCUT2D eigenvalue weighted by atomic mass is 9.94. The van der Waals surface area contributed by atoms with Crippen molar-refractivity contribution in [2.75, 3.05) is 27.3 Å². The molecule has 0 saturated carbocycles. The zero-order valence-electron chi connectivity index (χ0n) is 15.2. The standard InChI is InChI=1S/C19H25N3O3/c1-13-11-17(20-22(13)3)19(23)25-12-15-9-10-21(2)18(15)14-5-7-16(24-4)8-6-14/h5-8,11,15,18H,9-10,12H2,1-4H3/t15-,18+/m1/s1. The number of benzene rings is 1. The fraction of sp³-hybridized carbons (Fsp3) is 0.474. The van der Waals surface area contributed by atoms with E-state index in [-0.39, 0.29) is 17.9 Å². The number of ether oxygens (including phenoxy) is 2. The van der Waals surface area contributed by atoms with Crippen molar-refractivity contribution in [2.45, 2.75) is 19.4 Å². The summed E-state index contributed by atoms with van der Waals surface area (Å²) in [5.41, 5.74) is 2.52. The fourth-order valence-electron chi connectivity index (χ4n) is 3.45. The third-order valence-corrected chi connectivity index (χ3v) is 4.98. The van der Waals surface area contributed by atoms with Gasteiger partial charge in [-0.1, -0.05) is 12.1 Å². The van der Waals surface area contributed by atoms with Gasteiger partial charge in [0.1, 0.15) is 5.75 Å². The molecule has 2 aromatic rings. The number of carbonyl (C=O) groups excluding carboxylic acids is 1. The van der Waals surface area contributed by atoms with Crippen molar-refractivity contribution in [2.24, 2.45) is 13.0 Å². The minimum Gasteiger partial charge on any atom is -0.497 e. The van der Waals surface area contributed by atoms with Gasteiger partial charge in [0.25, 0.3) is 0 Å². The van der Waals surface area contributed by atoms with Crippen LogP contribution in [0.15, 0.2) is 30.3 Å². The third-order valence-electron chi connectivity index (χ3n) is 4.98. The number of aromatic nitrogens is 2. The third kappa shape index (κ3) is 3.69. The molecule has 2 heterocycles. The number of rotatable bonds is 5. The van der Waals surface area contributed by atoms with Gasteiger partial charge in [-0.25, -0.2) is 4.79 Å². The fourth-order valence-corrected chi connectivity index (χ4v) is 3.45. The summed E-state index contributed by atoms with van der Waals surface area (Å²) in [6, 6.07) is 10.1. The number of aryl methyl sites for hydroxylation is 2. The Labute approximate surface area is 148 Å². The summed E-state index contributed by atoms with van der Waals surface area (Å²) in [6.07, 6.45) is 1.00. The van der Waals surface area contributed by atoms with E-state index in [2.05, 4.69) is 29.2 Å². The summed E-state index contributed by atoms with van der Waals surface area (Å²) < 4.78 is 12.5. The first kappa shape index (κ1) is 17.5. The molecule has 1 aliphatic heterocycles. The molecule has 0 aliphatic carbocycles. The van der Waals surface area contributed by atoms with Gasteiger partial charge < -0.3 is 9.47 Å². The molecule has 1 aromatic carbocycles. The van der Waals surface area contributed by atoms with Crippen molar-refractivity contribution >= 4 is 5.97 Å². The molecule has 6 nitrogen and oxygen atoms in total. The van der Waals surface area contributed by atoms with Crippen molar-refractivity contribution in [1.29, 1.82) is 0 Å². The topological polar surface area (TPSA) is 56.6 Å². The Morgan fingerprint density at radius 2 is 2.00 bits per heavy atom. The maximum atomic E-state index is 12.2. The minimum atomic E-state index is -0.355. The SMILES string of the molecule is COc1ccc([C@H]2[C@@H](COC(=O)c3cc(C)n(C)n3)CCN2C)cc1. The van der Waals surface area contributed by atoms with Gasteiger partial charge in [-0.15, -0.1) is 0 Å². The highest BCUT2D eigenvalue weighted by molar-refractivity contribution is 5.87. The van der Waals surface area contributed by atoms with Crippen molar-refractivity contribution in [3.05, 3.63) is 47.3 Å². The van der Waals surface area contributed by atoms with E-state index in [1.807, 2.05) is 26.1 Å². The molecule has 1 aromatic heterocycles. The Hall–Kier alpha value is -2.34. The zero-order valence-corrected chi connectivity index (χ0v) is 15.2. The molecule has 0 bridgehead atoms. The van der Waals surface area contributed by atoms with Crippen LogP contribution in [-0.2, 0) is 11.8 Å². The molecule has 6 heteroatoms. The maximum Gasteiger partial charge on any atom is 0.358 e. The highest BCUT2D eigenvalue weighted by atomic mass is 16.5. The highest BCUT2D eigenvalue weighted by Gasteiger charge is 2.34. The van der Waals surface area contributed by atoms with Crippen LogP contribution in [0.1, 0.15) is 34.2 Å². The van der Waals surface area contributed by atoms with Crippen LogP contribution < -0.4 is 4.74 Å². The van der Waals surface area contributed by atoms with E-state index in [4.69, 9.17) is 9.47 Å². The summed E-state index contributed by atoms with van der Waals surface area (Å²) in [5, 5.41) is 4.18. The first-order chi connectivity index (χ1) is 12.0. The molecule has 2 atom stereocenters. The molecule has 3 rings (SSSR count). The van der Waals surface area contributed by atoms with Crippen molar-refractivity contribution in [1.82, 2.24) is 14.7 Å². The van der Waals surface area contributed by atoms with Crippen LogP contribution in [0.4, 0.5) is 0 Å². The van der Waals surface area contributed by atoms with Gasteiger partial charge in [0, 0.05) is 24.7 Å². The Bertz CT molecular complexity index is 719. The number of esters is 1. The van der Waals surface area contributed by atoms with E-state index < -0.39 is 0 Å². The van der Waals surface area contributed by atoms with Crippen LogP contribution in [-0.4, -0.2) is 48.0 Å². The number of likely N-dealkylation sites (tertiary alicyclic amines) is 1. The van der Waals surface area contributed by atoms with Gasteiger partial charge in [-0.3, -0.25) is 9.58 Å². The van der Waals surface area contributed by atoms with Crippen molar-refractivity contribution in [3.8, 4) is 5.75 Å². The Kier molecular flexibility index (Phi) is 5.08. The number of nitrogens with zero attached hydrogens (tertiary/aromatic N) is 3. The number of hydrogen-bond acceptors (Lipinski definition) is 5. The molecular weight excluding hydrogens is 318 g/mol. The lowest BCUT2D eigenvalue weighted by molar-refractivity contribution is 0.0404. The van der Waals surface area contributed by atoms with Gasteiger partial charge in [-0.2, -0.15) is 5.10 Å². The van der Waals surface area contributed by atoms with E-state index >= 15 is 0 Å². The van der Waals surface area contributed by atoms with E-state index in [9.17, 15) is 4.79 Å². The molecule has 25 heavy (non-hydrogen) atoms. The molecule has 1 saturated heterocycles. The largest absolute Gasteiger partial charge is 0.497 e. The van der Waals surface area contributed by atoms with E-state index in [1.165, 1.54) is 5.56 Å². The quantitative estimate of drug-likeness (QED) is 0.781. The van der Waals surface area contributed by atoms with E-state index in [0.717, 1.165) is 24.4 Å². The molecule has 1 fully saturated rings. The normalized spacial score (nSPS) is 20.6. The molecule has 134 valence electrons. The van der Waals surface area contributed by atoms with Crippen molar-refractivity contribution in [3.63, 3.8) is 0 Å². The zero-order chi connectivity index (χ0) is 18.0. The second kappa shape index (κ2) is 7.27. The summed E-state index contributed by atoms with van der Waals surface area (Å²) in [5.74, 6) is 0.761. The van der Waals surface area contributed by atoms with Crippen LogP contribution in [0.5, 0.6) is 5.75 Å². The van der Waals surface area contributed by atoms with Crippen LogP contribution in [0, 0.1) is 12.8 Å². The first-order valence-electron chi connectivity index (χ1n) is 8.51. The number of hydrogen-bond donors (Lipinski definition) is 0. The second-order valence-corrected chi connectivity index (χ2v) is 6.64. The lowest BCUT2D eigenvalue weighted by Gasteiger charge is -2.25. The number of methoxy groups -OCH3 is 1. The molecule has 0 unspecified atom stereocenters. The average Bonchev–Trinajstić information content (AvgIpc) is 3.15. The second-order valence-electron chi connectivity index (χ2n) is 6.64. The molecule has 0 radical (unpaired) electrons. The average molecular weight is 343 g/mol. The summed E-state index contributed by atoms with van der Waals surface area (Å²) >= 11 is 0. The Balaban J connectivity index is 1.67. The van der Waals surface area contributed by atoms with Gasteiger partial charge in [-0.05, 0) is 50.7 Å². The smallest absolute Gasteiger partial charge is 0.358 e. The molecule has 0 amide bonds. The van der Waals surface area contributed by atoms with Gasteiger partial charge in [0.15, 0.2) is 5.69 Å². The predicted octanol–water partition coefficient (Wildman–Crippen LogP) is 2.59. The molecule has 0 spiro atoms. The van der Waals surface area contributed by atoms with Gasteiger partial charge in [0.2, 0.25) is 0 Å². The number of carbonyl (C=O) groups is 1. The van der Waals surface area contributed by atoms with Gasteiger partial charge in [0.05, 0.1) is 13.7 Å². The monoisotopic (exact) mass is 343 g/mol. The first-order valence-corrected chi connectivity index (χ1v) is 8.51. The molecule has 0 N–H and O–H groups in total. The van der Waals surface area contributed by atoms with Gasteiger partial charge >= 0.3 is 5.97 Å². The molecular formula is C19H25N3O3. The van der Waals surface area contributed by atoms with Crippen LogP contribution in [0.25, 0.3) is 0 Å². The van der Waals surface area contributed by atoms with Crippen LogP contribution in [0.3, 0.4) is 0 Å². The van der Waals surface area contributed by atoms with Crippen LogP contribution in [0.2, 0.25) is 0 Å².